The summed E-state index contributed by atoms with van der Waals surface area (Å²) >= 11 is 0. The molecule has 0 amide bonds. The highest BCUT2D eigenvalue weighted by molar-refractivity contribution is 6.27. The number of hydrogen-bond donors (Lipinski definition) is 3. The van der Waals surface area contributed by atoms with Crippen molar-refractivity contribution < 1.29 is 29.3 Å². The van der Waals surface area contributed by atoms with Crippen molar-refractivity contribution in [2.24, 2.45) is 0 Å². The maximum Gasteiger partial charge on any atom is 0.414 e. The zero-order valence-electron chi connectivity index (χ0n) is 16.2. The fraction of sp³-hybridized carbons (Fsp3) is 0.500. The number of para-hydroxylation sites is 1. The Bertz CT molecular complexity index is 562. The summed E-state index contributed by atoms with van der Waals surface area (Å²) < 4.78 is 11.4. The molecule has 7 nitrogen and oxygen atoms in total. The number of carboxylic acid groups (broad SMARTS) is 2. The average molecular weight is 381 g/mol. The van der Waals surface area contributed by atoms with Gasteiger partial charge in [0.05, 0.1) is 13.2 Å². The number of aliphatic carboxylic acids is 2. The second-order valence-corrected chi connectivity index (χ2v) is 5.73. The largest absolute Gasteiger partial charge is 0.491 e. The lowest BCUT2D eigenvalue weighted by Crippen LogP contribution is -2.21. The minimum atomic E-state index is -1.82. The summed E-state index contributed by atoms with van der Waals surface area (Å²) in [6, 6.07) is 6.21. The van der Waals surface area contributed by atoms with Gasteiger partial charge in [-0.15, -0.1) is 6.58 Å². The lowest BCUT2D eigenvalue weighted by Gasteiger charge is -2.13. The lowest BCUT2D eigenvalue weighted by molar-refractivity contribution is -0.159. The normalized spacial score (nSPS) is 9.85. The third-order valence-corrected chi connectivity index (χ3v) is 3.45. The molecule has 1 aromatic carbocycles. The van der Waals surface area contributed by atoms with E-state index in [0.29, 0.717) is 13.2 Å². The Morgan fingerprint density at radius 3 is 2.44 bits per heavy atom. The molecule has 0 bridgehead atoms. The van der Waals surface area contributed by atoms with E-state index in [4.69, 9.17) is 29.3 Å². The van der Waals surface area contributed by atoms with Crippen molar-refractivity contribution in [1.82, 2.24) is 5.32 Å². The monoisotopic (exact) mass is 381 g/mol. The predicted molar refractivity (Wildman–Crippen MR) is 104 cm³/mol. The predicted octanol–water partition coefficient (Wildman–Crippen LogP) is 2.66. The van der Waals surface area contributed by atoms with Crippen molar-refractivity contribution >= 4 is 11.9 Å². The van der Waals surface area contributed by atoms with E-state index in [2.05, 4.69) is 43.9 Å². The Morgan fingerprint density at radius 1 is 1.15 bits per heavy atom. The SMILES string of the molecule is C=CCc1cccc(C)c1OCCOCCNCCCC.O=C(O)C(=O)O. The van der Waals surface area contributed by atoms with Crippen molar-refractivity contribution in [2.45, 2.75) is 33.1 Å². The Balaban J connectivity index is 0.000000972. The van der Waals surface area contributed by atoms with E-state index in [9.17, 15) is 0 Å². The van der Waals surface area contributed by atoms with Crippen LogP contribution in [0.1, 0.15) is 30.9 Å². The van der Waals surface area contributed by atoms with Crippen LogP contribution in [0.2, 0.25) is 0 Å². The van der Waals surface area contributed by atoms with Gasteiger partial charge in [0.15, 0.2) is 0 Å². The molecule has 0 radical (unpaired) electrons. The summed E-state index contributed by atoms with van der Waals surface area (Å²) in [4.78, 5) is 18.2. The highest BCUT2D eigenvalue weighted by Crippen LogP contribution is 2.23. The number of allylic oxidation sites excluding steroid dienone is 1. The molecule has 0 saturated heterocycles. The van der Waals surface area contributed by atoms with Crippen LogP contribution in [-0.2, 0) is 20.7 Å². The van der Waals surface area contributed by atoms with Crippen LogP contribution in [0, 0.1) is 6.92 Å². The van der Waals surface area contributed by atoms with Crippen LogP contribution >= 0.6 is 0 Å². The zero-order chi connectivity index (χ0) is 20.5. The molecule has 0 fully saturated rings. The second-order valence-electron chi connectivity index (χ2n) is 5.73. The number of benzene rings is 1. The molecule has 0 aliphatic heterocycles. The van der Waals surface area contributed by atoms with Crippen LogP contribution in [0.5, 0.6) is 5.75 Å². The van der Waals surface area contributed by atoms with Gasteiger partial charge in [-0.05, 0) is 37.4 Å². The van der Waals surface area contributed by atoms with Gasteiger partial charge in [0.2, 0.25) is 0 Å². The molecule has 0 spiro atoms. The number of carboxylic acids is 2. The fourth-order valence-electron chi connectivity index (χ4n) is 2.11. The molecule has 7 heteroatoms. The van der Waals surface area contributed by atoms with E-state index in [1.807, 2.05) is 6.08 Å². The molecule has 1 rings (SSSR count). The summed E-state index contributed by atoms with van der Waals surface area (Å²) in [5.74, 6) is -2.67. The minimum absolute atomic E-state index is 0.587. The molecule has 27 heavy (non-hydrogen) atoms. The summed E-state index contributed by atoms with van der Waals surface area (Å²) in [5, 5.41) is 18.1. The Kier molecular flexibility index (Phi) is 14.4. The van der Waals surface area contributed by atoms with Crippen molar-refractivity contribution in [3.63, 3.8) is 0 Å². The van der Waals surface area contributed by atoms with E-state index in [1.54, 1.807) is 0 Å². The third-order valence-electron chi connectivity index (χ3n) is 3.45. The first-order valence-corrected chi connectivity index (χ1v) is 9.00. The van der Waals surface area contributed by atoms with Crippen LogP contribution < -0.4 is 10.1 Å². The quantitative estimate of drug-likeness (QED) is 0.290. The minimum Gasteiger partial charge on any atom is -0.491 e. The van der Waals surface area contributed by atoms with Gasteiger partial charge in [-0.25, -0.2) is 9.59 Å². The number of ether oxygens (including phenoxy) is 2. The van der Waals surface area contributed by atoms with Gasteiger partial charge in [-0.2, -0.15) is 0 Å². The molecule has 0 aliphatic rings. The number of rotatable bonds is 12. The van der Waals surface area contributed by atoms with Crippen LogP contribution in [0.15, 0.2) is 30.9 Å². The van der Waals surface area contributed by atoms with Gasteiger partial charge in [0.25, 0.3) is 0 Å². The molecule has 0 atom stereocenters. The first-order valence-electron chi connectivity index (χ1n) is 9.00. The van der Waals surface area contributed by atoms with Crippen LogP contribution in [-0.4, -0.2) is 55.1 Å². The third kappa shape index (κ3) is 12.6. The van der Waals surface area contributed by atoms with Gasteiger partial charge in [-0.1, -0.05) is 37.6 Å². The number of unbranched alkanes of at least 4 members (excludes halogenated alkanes) is 1. The number of carbonyl (C=O) groups is 2. The Hall–Kier alpha value is -2.38. The summed E-state index contributed by atoms with van der Waals surface area (Å²) in [7, 11) is 0. The van der Waals surface area contributed by atoms with Crippen molar-refractivity contribution in [3.05, 3.63) is 42.0 Å². The van der Waals surface area contributed by atoms with Crippen molar-refractivity contribution in [2.75, 3.05) is 32.9 Å². The van der Waals surface area contributed by atoms with Gasteiger partial charge < -0.3 is 25.0 Å². The van der Waals surface area contributed by atoms with Crippen molar-refractivity contribution in [1.29, 1.82) is 0 Å². The standard InChI is InChI=1S/C18H29NO2.C2H2O4/c1-4-6-11-19-12-13-20-14-15-21-18-16(3)9-7-10-17(18)8-5-2;3-1(4)2(5)6/h5,7,9-10,19H,2,4,6,8,11-15H2,1,3H3;(H,3,4)(H,5,6). The summed E-state index contributed by atoms with van der Waals surface area (Å²) in [6.07, 6.45) is 5.19. The lowest BCUT2D eigenvalue weighted by atomic mass is 10.1. The topological polar surface area (TPSA) is 105 Å². The van der Waals surface area contributed by atoms with Gasteiger partial charge in [0.1, 0.15) is 12.4 Å². The van der Waals surface area contributed by atoms with E-state index < -0.39 is 11.9 Å². The molecule has 0 aliphatic carbocycles. The van der Waals surface area contributed by atoms with E-state index >= 15 is 0 Å². The highest BCUT2D eigenvalue weighted by atomic mass is 16.5. The van der Waals surface area contributed by atoms with E-state index in [1.165, 1.54) is 18.4 Å². The van der Waals surface area contributed by atoms with Crippen LogP contribution in [0.4, 0.5) is 0 Å². The molecule has 0 aromatic heterocycles. The number of aryl methyl sites for hydroxylation is 1. The smallest absolute Gasteiger partial charge is 0.414 e. The summed E-state index contributed by atoms with van der Waals surface area (Å²) in [5.41, 5.74) is 2.35. The Labute approximate surface area is 161 Å². The maximum absolute atomic E-state index is 9.10. The molecular weight excluding hydrogens is 350 g/mol. The van der Waals surface area contributed by atoms with E-state index in [0.717, 1.165) is 37.4 Å². The Morgan fingerprint density at radius 2 is 1.85 bits per heavy atom. The van der Waals surface area contributed by atoms with Crippen LogP contribution in [0.25, 0.3) is 0 Å². The fourth-order valence-corrected chi connectivity index (χ4v) is 2.11. The summed E-state index contributed by atoms with van der Waals surface area (Å²) in [6.45, 7) is 12.0. The van der Waals surface area contributed by atoms with Gasteiger partial charge in [0, 0.05) is 6.54 Å². The van der Waals surface area contributed by atoms with Gasteiger partial charge in [-0.3, -0.25) is 0 Å². The maximum atomic E-state index is 9.10. The van der Waals surface area contributed by atoms with Crippen LogP contribution in [0.3, 0.4) is 0 Å². The molecule has 0 saturated carbocycles. The van der Waals surface area contributed by atoms with Gasteiger partial charge >= 0.3 is 11.9 Å². The van der Waals surface area contributed by atoms with Crippen molar-refractivity contribution in [3.8, 4) is 5.75 Å². The molecule has 1 aromatic rings. The first-order chi connectivity index (χ1) is 12.9. The van der Waals surface area contributed by atoms with E-state index in [-0.39, 0.29) is 0 Å². The average Bonchev–Trinajstić information content (AvgIpc) is 2.63. The molecule has 0 heterocycles. The second kappa shape index (κ2) is 15.8. The molecule has 0 unspecified atom stereocenters. The first kappa shape index (κ1) is 24.6. The molecule has 3 N–H and O–H groups in total. The number of nitrogens with one attached hydrogen (secondary N) is 1. The molecule has 152 valence electrons. The molecular formula is C20H31NO6. The number of hydrogen-bond acceptors (Lipinski definition) is 5. The zero-order valence-corrected chi connectivity index (χ0v) is 16.2. The highest BCUT2D eigenvalue weighted by Gasteiger charge is 2.05.